The third-order valence-electron chi connectivity index (χ3n) is 6.65. The highest BCUT2D eigenvalue weighted by molar-refractivity contribution is 5.99. The molecule has 5 aromatic rings. The van der Waals surface area contributed by atoms with Crippen LogP contribution in [-0.2, 0) is 12.8 Å². The van der Waals surface area contributed by atoms with E-state index in [9.17, 15) is 9.90 Å². The molecule has 1 aliphatic heterocycles. The van der Waals surface area contributed by atoms with E-state index in [1.807, 2.05) is 67.0 Å². The van der Waals surface area contributed by atoms with Gasteiger partial charge in [-0.2, -0.15) is 0 Å². The van der Waals surface area contributed by atoms with Crippen LogP contribution in [0.4, 0.5) is 0 Å². The Balaban J connectivity index is 1.31. The monoisotopic (exact) mass is 463 g/mol. The molecule has 0 unspecified atom stereocenters. The zero-order chi connectivity index (χ0) is 23.8. The fourth-order valence-electron chi connectivity index (χ4n) is 4.86. The summed E-state index contributed by atoms with van der Waals surface area (Å²) in [5.41, 5.74) is 6.39. The number of hydrogen-bond donors (Lipinski definition) is 3. The van der Waals surface area contributed by atoms with Crippen LogP contribution in [0.3, 0.4) is 0 Å². The number of nitrogens with one attached hydrogen (secondary N) is 2. The Bertz CT molecular complexity index is 1560. The second kappa shape index (κ2) is 8.89. The van der Waals surface area contributed by atoms with Crippen LogP contribution in [0.2, 0.25) is 0 Å². The van der Waals surface area contributed by atoms with Gasteiger partial charge in [0.25, 0.3) is 5.91 Å². The summed E-state index contributed by atoms with van der Waals surface area (Å²) in [6.07, 6.45) is 5.05. The van der Waals surface area contributed by atoms with Crippen molar-refractivity contribution in [1.82, 2.24) is 15.3 Å². The van der Waals surface area contributed by atoms with E-state index >= 15 is 0 Å². The Morgan fingerprint density at radius 3 is 2.86 bits per heavy atom. The molecule has 0 fully saturated rings. The van der Waals surface area contributed by atoms with Crippen molar-refractivity contribution in [1.29, 1.82) is 0 Å². The van der Waals surface area contributed by atoms with Crippen LogP contribution in [0.1, 0.15) is 21.5 Å². The van der Waals surface area contributed by atoms with E-state index in [4.69, 9.17) is 4.74 Å². The van der Waals surface area contributed by atoms with Gasteiger partial charge in [-0.05, 0) is 53.4 Å². The Labute approximate surface area is 202 Å². The molecule has 1 aliphatic rings. The van der Waals surface area contributed by atoms with Crippen molar-refractivity contribution in [2.24, 2.45) is 0 Å². The number of carbonyl (C=O) groups is 1. The molecule has 6 nitrogen and oxygen atoms in total. The normalized spacial score (nSPS) is 13.5. The van der Waals surface area contributed by atoms with Crippen molar-refractivity contribution < 1.29 is 14.6 Å². The first-order valence-corrected chi connectivity index (χ1v) is 11.8. The Hall–Kier alpha value is -4.16. The number of aliphatic hydroxyl groups is 1. The van der Waals surface area contributed by atoms with Crippen LogP contribution >= 0.6 is 0 Å². The fourth-order valence-corrected chi connectivity index (χ4v) is 4.86. The number of aromatic nitrogens is 2. The van der Waals surface area contributed by atoms with Gasteiger partial charge in [-0.1, -0.05) is 36.4 Å². The molecular formula is C29H25N3O3. The number of H-pyrrole nitrogens is 1. The summed E-state index contributed by atoms with van der Waals surface area (Å²) in [7, 11) is 0. The second-order valence-electron chi connectivity index (χ2n) is 8.94. The molecule has 1 atom stereocenters. The van der Waals surface area contributed by atoms with Crippen molar-refractivity contribution in [3.63, 3.8) is 0 Å². The van der Waals surface area contributed by atoms with Crippen LogP contribution in [0.25, 0.3) is 32.9 Å². The smallest absolute Gasteiger partial charge is 0.255 e. The fraction of sp³-hybridized carbons (Fsp3) is 0.172. The zero-order valence-corrected chi connectivity index (χ0v) is 19.1. The van der Waals surface area contributed by atoms with E-state index < -0.39 is 6.04 Å². The summed E-state index contributed by atoms with van der Waals surface area (Å²) in [4.78, 5) is 21.3. The molecule has 174 valence electrons. The molecule has 3 N–H and O–H groups in total. The third kappa shape index (κ3) is 4.02. The van der Waals surface area contributed by atoms with E-state index in [0.29, 0.717) is 24.3 Å². The molecule has 6 heteroatoms. The van der Waals surface area contributed by atoms with Crippen LogP contribution < -0.4 is 10.1 Å². The minimum atomic E-state index is -0.426. The van der Waals surface area contributed by atoms with Gasteiger partial charge in [0.15, 0.2) is 0 Å². The standard InChI is InChI=1S/C29H25N3O3/c33-17-23(13-22-16-31-27-8-4-2-6-24(22)27)32-29(34)25-14-20(12-19-9-10-35-28(19)25)21-11-18-5-1-3-7-26(18)30-15-21/h1-8,11-12,14-16,23,31,33H,9-10,13,17H2,(H,32,34)/t23-/m1/s1. The lowest BCUT2D eigenvalue weighted by atomic mass is 9.97. The average molecular weight is 464 g/mol. The number of amides is 1. The van der Waals surface area contributed by atoms with Gasteiger partial charge in [0.2, 0.25) is 0 Å². The third-order valence-corrected chi connectivity index (χ3v) is 6.65. The maximum atomic E-state index is 13.4. The second-order valence-corrected chi connectivity index (χ2v) is 8.94. The highest BCUT2D eigenvalue weighted by atomic mass is 16.5. The minimum absolute atomic E-state index is 0.164. The van der Waals surface area contributed by atoms with E-state index in [0.717, 1.165) is 50.5 Å². The van der Waals surface area contributed by atoms with E-state index in [2.05, 4.69) is 27.4 Å². The number of carbonyl (C=O) groups excluding carboxylic acids is 1. The van der Waals surface area contributed by atoms with Gasteiger partial charge in [-0.25, -0.2) is 0 Å². The summed E-state index contributed by atoms with van der Waals surface area (Å²) in [5.74, 6) is 0.376. The molecule has 3 heterocycles. The molecule has 6 rings (SSSR count). The predicted octanol–water partition coefficient (Wildman–Crippen LogP) is 4.65. The maximum Gasteiger partial charge on any atom is 0.255 e. The number of hydrogen-bond acceptors (Lipinski definition) is 4. The summed E-state index contributed by atoms with van der Waals surface area (Å²) in [5, 5.41) is 15.2. The molecule has 1 amide bonds. The predicted molar refractivity (Wildman–Crippen MR) is 137 cm³/mol. The summed E-state index contributed by atoms with van der Waals surface area (Å²) < 4.78 is 5.85. The first-order chi connectivity index (χ1) is 17.2. The van der Waals surface area contributed by atoms with Crippen LogP contribution in [-0.4, -0.2) is 40.2 Å². The molecule has 35 heavy (non-hydrogen) atoms. The van der Waals surface area contributed by atoms with E-state index in [1.54, 1.807) is 0 Å². The molecule has 0 bridgehead atoms. The molecule has 0 saturated carbocycles. The average Bonchev–Trinajstić information content (AvgIpc) is 3.54. The summed E-state index contributed by atoms with van der Waals surface area (Å²) >= 11 is 0. The van der Waals surface area contributed by atoms with E-state index in [-0.39, 0.29) is 12.5 Å². The van der Waals surface area contributed by atoms with Gasteiger partial charge in [-0.3, -0.25) is 9.78 Å². The summed E-state index contributed by atoms with van der Waals surface area (Å²) in [6.45, 7) is 0.385. The van der Waals surface area contributed by atoms with Gasteiger partial charge >= 0.3 is 0 Å². The number of pyridine rings is 1. The van der Waals surface area contributed by atoms with Crippen molar-refractivity contribution in [2.45, 2.75) is 18.9 Å². The Morgan fingerprint density at radius 2 is 1.94 bits per heavy atom. The minimum Gasteiger partial charge on any atom is -0.492 e. The molecule has 0 aliphatic carbocycles. The van der Waals surface area contributed by atoms with Crippen LogP contribution in [0.5, 0.6) is 5.75 Å². The van der Waals surface area contributed by atoms with Crippen molar-refractivity contribution >= 4 is 27.7 Å². The van der Waals surface area contributed by atoms with Gasteiger partial charge in [-0.15, -0.1) is 0 Å². The lowest BCUT2D eigenvalue weighted by molar-refractivity contribution is 0.0913. The van der Waals surface area contributed by atoms with E-state index in [1.165, 1.54) is 0 Å². The number of aromatic amines is 1. The van der Waals surface area contributed by atoms with Gasteiger partial charge in [0, 0.05) is 40.7 Å². The van der Waals surface area contributed by atoms with Crippen molar-refractivity contribution in [3.8, 4) is 16.9 Å². The quantitative estimate of drug-likeness (QED) is 0.342. The number of fused-ring (bicyclic) bond motifs is 3. The van der Waals surface area contributed by atoms with Crippen LogP contribution in [0.15, 0.2) is 79.1 Å². The Morgan fingerprint density at radius 1 is 1.09 bits per heavy atom. The Kier molecular flexibility index (Phi) is 5.43. The first kappa shape index (κ1) is 21.4. The molecular weight excluding hydrogens is 438 g/mol. The number of benzene rings is 3. The van der Waals surface area contributed by atoms with Crippen LogP contribution in [0, 0.1) is 0 Å². The van der Waals surface area contributed by atoms with Crippen molar-refractivity contribution in [3.05, 3.63) is 95.8 Å². The first-order valence-electron chi connectivity index (χ1n) is 11.8. The number of aliphatic hydroxyl groups excluding tert-OH is 1. The topological polar surface area (TPSA) is 87.2 Å². The summed E-state index contributed by atoms with van der Waals surface area (Å²) in [6, 6.07) is 21.6. The van der Waals surface area contributed by atoms with Gasteiger partial charge < -0.3 is 20.1 Å². The number of para-hydroxylation sites is 2. The number of nitrogens with zero attached hydrogens (tertiary/aromatic N) is 1. The lowest BCUT2D eigenvalue weighted by Crippen LogP contribution is -2.39. The maximum absolute atomic E-state index is 13.4. The number of rotatable bonds is 6. The molecule has 0 spiro atoms. The lowest BCUT2D eigenvalue weighted by Gasteiger charge is -2.18. The highest BCUT2D eigenvalue weighted by Gasteiger charge is 2.25. The number of ether oxygens (including phenoxy) is 1. The molecule has 0 radical (unpaired) electrons. The molecule has 3 aromatic carbocycles. The zero-order valence-electron chi connectivity index (χ0n) is 19.1. The van der Waals surface area contributed by atoms with Gasteiger partial charge in [0.1, 0.15) is 5.75 Å². The van der Waals surface area contributed by atoms with Gasteiger partial charge in [0.05, 0.1) is 30.3 Å². The van der Waals surface area contributed by atoms with Crippen molar-refractivity contribution in [2.75, 3.05) is 13.2 Å². The highest BCUT2D eigenvalue weighted by Crippen LogP contribution is 2.35. The molecule has 0 saturated heterocycles. The largest absolute Gasteiger partial charge is 0.492 e. The molecule has 2 aromatic heterocycles. The SMILES string of the molecule is O=C(N[C@@H](CO)Cc1c[nH]c2ccccc12)c1cc(-c2cnc3ccccc3c2)cc2c1OCC2.